The predicted molar refractivity (Wildman–Crippen MR) is 130 cm³/mol. The van der Waals surface area contributed by atoms with Crippen LogP contribution in [0.3, 0.4) is 0 Å². The maximum atomic E-state index is 13.5. The Labute approximate surface area is 196 Å². The van der Waals surface area contributed by atoms with Gasteiger partial charge in [-0.25, -0.2) is 8.42 Å². The van der Waals surface area contributed by atoms with Crippen LogP contribution in [0.5, 0.6) is 5.75 Å². The fourth-order valence-corrected chi connectivity index (χ4v) is 4.30. The fourth-order valence-electron chi connectivity index (χ4n) is 3.45. The maximum absolute atomic E-state index is 13.5. The SMILES string of the molecule is CCNC(=O)[C@H](C)N(Cc1cccc(C)c1)C(=O)CN(c1ccccc1OCC)S(C)(=O)=O. The molecule has 0 radical (unpaired) electrons. The van der Waals surface area contributed by atoms with Gasteiger partial charge in [0.2, 0.25) is 21.8 Å². The Morgan fingerprint density at radius 1 is 1.09 bits per heavy atom. The number of carbonyl (C=O) groups is 2. The molecule has 0 spiro atoms. The minimum Gasteiger partial charge on any atom is -0.492 e. The minimum absolute atomic E-state index is 0.170. The molecule has 2 aromatic rings. The van der Waals surface area contributed by atoms with Gasteiger partial charge >= 0.3 is 0 Å². The minimum atomic E-state index is -3.82. The Hall–Kier alpha value is -3.07. The molecule has 0 aliphatic heterocycles. The smallest absolute Gasteiger partial charge is 0.244 e. The van der Waals surface area contributed by atoms with Crippen LogP contribution in [0.4, 0.5) is 5.69 Å². The monoisotopic (exact) mass is 475 g/mol. The molecule has 9 heteroatoms. The molecule has 0 aromatic heterocycles. The highest BCUT2D eigenvalue weighted by Crippen LogP contribution is 2.30. The number of amides is 2. The zero-order valence-corrected chi connectivity index (χ0v) is 20.7. The van der Waals surface area contributed by atoms with E-state index in [-0.39, 0.29) is 18.1 Å². The van der Waals surface area contributed by atoms with E-state index in [1.807, 2.05) is 31.2 Å². The molecule has 0 aliphatic carbocycles. The average molecular weight is 476 g/mol. The molecule has 0 saturated heterocycles. The molecule has 0 saturated carbocycles. The lowest BCUT2D eigenvalue weighted by Gasteiger charge is -2.32. The third-order valence-corrected chi connectivity index (χ3v) is 6.19. The summed E-state index contributed by atoms with van der Waals surface area (Å²) in [7, 11) is -3.82. The molecule has 180 valence electrons. The number of anilines is 1. The van der Waals surface area contributed by atoms with Crippen molar-refractivity contribution in [3.8, 4) is 5.75 Å². The summed E-state index contributed by atoms with van der Waals surface area (Å²) in [6.07, 6.45) is 1.04. The first kappa shape index (κ1) is 26.2. The van der Waals surface area contributed by atoms with E-state index in [0.717, 1.165) is 21.7 Å². The third kappa shape index (κ3) is 7.21. The number of hydrogen-bond donors (Lipinski definition) is 1. The van der Waals surface area contributed by atoms with Crippen LogP contribution in [0.1, 0.15) is 31.9 Å². The van der Waals surface area contributed by atoms with Crippen molar-refractivity contribution in [1.29, 1.82) is 0 Å². The van der Waals surface area contributed by atoms with Gasteiger partial charge in [-0.05, 0) is 45.4 Å². The highest BCUT2D eigenvalue weighted by atomic mass is 32.2. The number of carbonyl (C=O) groups excluding carboxylic acids is 2. The van der Waals surface area contributed by atoms with E-state index < -0.39 is 28.5 Å². The van der Waals surface area contributed by atoms with Crippen LogP contribution in [-0.2, 0) is 26.2 Å². The Balaban J connectivity index is 2.43. The van der Waals surface area contributed by atoms with Crippen molar-refractivity contribution in [3.05, 3.63) is 59.7 Å². The van der Waals surface area contributed by atoms with Crippen molar-refractivity contribution in [2.45, 2.75) is 40.3 Å². The van der Waals surface area contributed by atoms with Crippen molar-refractivity contribution in [3.63, 3.8) is 0 Å². The van der Waals surface area contributed by atoms with Crippen LogP contribution in [0.2, 0.25) is 0 Å². The van der Waals surface area contributed by atoms with E-state index in [2.05, 4.69) is 5.32 Å². The normalized spacial score (nSPS) is 12.0. The number of rotatable bonds is 11. The van der Waals surface area contributed by atoms with Gasteiger partial charge in [-0.1, -0.05) is 42.0 Å². The maximum Gasteiger partial charge on any atom is 0.244 e. The lowest BCUT2D eigenvalue weighted by molar-refractivity contribution is -0.139. The second-order valence-corrected chi connectivity index (χ2v) is 9.66. The number of nitrogens with one attached hydrogen (secondary N) is 1. The van der Waals surface area contributed by atoms with E-state index in [4.69, 9.17) is 4.74 Å². The lowest BCUT2D eigenvalue weighted by atomic mass is 10.1. The second-order valence-electron chi connectivity index (χ2n) is 7.75. The zero-order valence-electron chi connectivity index (χ0n) is 19.9. The molecule has 0 aliphatic rings. The second kappa shape index (κ2) is 11.7. The van der Waals surface area contributed by atoms with Crippen LogP contribution in [0.25, 0.3) is 0 Å². The number of ether oxygens (including phenoxy) is 1. The summed E-state index contributed by atoms with van der Waals surface area (Å²) >= 11 is 0. The van der Waals surface area contributed by atoms with Gasteiger partial charge in [0.25, 0.3) is 0 Å². The van der Waals surface area contributed by atoms with E-state index >= 15 is 0 Å². The van der Waals surface area contributed by atoms with Crippen molar-refractivity contribution in [2.75, 3.05) is 30.3 Å². The summed E-state index contributed by atoms with van der Waals surface area (Å²) in [5.74, 6) is -0.439. The number of benzene rings is 2. The lowest BCUT2D eigenvalue weighted by Crippen LogP contribution is -2.51. The van der Waals surface area contributed by atoms with Crippen molar-refractivity contribution >= 4 is 27.5 Å². The number of hydrogen-bond acceptors (Lipinski definition) is 5. The van der Waals surface area contributed by atoms with Crippen LogP contribution >= 0.6 is 0 Å². The van der Waals surface area contributed by atoms with Gasteiger partial charge in [-0.15, -0.1) is 0 Å². The van der Waals surface area contributed by atoms with Crippen LogP contribution < -0.4 is 14.4 Å². The largest absolute Gasteiger partial charge is 0.492 e. The van der Waals surface area contributed by atoms with Crippen LogP contribution in [-0.4, -0.2) is 57.1 Å². The van der Waals surface area contributed by atoms with E-state index in [0.29, 0.717) is 18.9 Å². The van der Waals surface area contributed by atoms with Crippen molar-refractivity contribution in [2.24, 2.45) is 0 Å². The first-order valence-electron chi connectivity index (χ1n) is 10.9. The third-order valence-electron chi connectivity index (χ3n) is 5.07. The molecule has 8 nitrogen and oxygen atoms in total. The van der Waals surface area contributed by atoms with Crippen molar-refractivity contribution in [1.82, 2.24) is 10.2 Å². The molecule has 0 bridgehead atoms. The fraction of sp³-hybridized carbons (Fsp3) is 0.417. The van der Waals surface area contributed by atoms with Gasteiger partial charge < -0.3 is 15.0 Å². The molecule has 2 amide bonds. The summed E-state index contributed by atoms with van der Waals surface area (Å²) in [6, 6.07) is 13.5. The molecule has 33 heavy (non-hydrogen) atoms. The van der Waals surface area contributed by atoms with Gasteiger partial charge in [-0.3, -0.25) is 13.9 Å². The summed E-state index contributed by atoms with van der Waals surface area (Å²) < 4.78 is 32.0. The molecule has 0 fully saturated rings. The zero-order chi connectivity index (χ0) is 24.6. The topological polar surface area (TPSA) is 96.0 Å². The van der Waals surface area contributed by atoms with Gasteiger partial charge in [0.15, 0.2) is 0 Å². The van der Waals surface area contributed by atoms with Crippen LogP contribution in [0, 0.1) is 6.92 Å². The molecule has 1 N–H and O–H groups in total. The Bertz CT molecular complexity index is 1070. The number of nitrogens with zero attached hydrogens (tertiary/aromatic N) is 2. The molecule has 1 atom stereocenters. The van der Waals surface area contributed by atoms with Gasteiger partial charge in [0, 0.05) is 13.1 Å². The molecule has 2 rings (SSSR count). The number of para-hydroxylation sites is 2. The van der Waals surface area contributed by atoms with Crippen LogP contribution in [0.15, 0.2) is 48.5 Å². The summed E-state index contributed by atoms with van der Waals surface area (Å²) in [5.41, 5.74) is 2.14. The first-order chi connectivity index (χ1) is 15.6. The highest BCUT2D eigenvalue weighted by Gasteiger charge is 2.31. The van der Waals surface area contributed by atoms with Gasteiger partial charge in [-0.2, -0.15) is 0 Å². The van der Waals surface area contributed by atoms with E-state index in [1.54, 1.807) is 45.0 Å². The summed E-state index contributed by atoms with van der Waals surface area (Å²) in [5, 5.41) is 2.73. The summed E-state index contributed by atoms with van der Waals surface area (Å²) in [6.45, 7) is 7.65. The van der Waals surface area contributed by atoms with Gasteiger partial charge in [0.05, 0.1) is 18.6 Å². The van der Waals surface area contributed by atoms with E-state index in [1.165, 1.54) is 4.90 Å². The molecular formula is C24H33N3O5S. The molecular weight excluding hydrogens is 442 g/mol. The average Bonchev–Trinajstić information content (AvgIpc) is 2.75. The first-order valence-corrected chi connectivity index (χ1v) is 12.8. The number of sulfonamides is 1. The van der Waals surface area contributed by atoms with Crippen molar-refractivity contribution < 1.29 is 22.7 Å². The Morgan fingerprint density at radius 2 is 1.79 bits per heavy atom. The molecule has 0 unspecified atom stereocenters. The standard InChI is InChI=1S/C24H33N3O5S/c1-6-25-24(29)19(4)26(16-20-12-10-11-18(3)15-20)23(28)17-27(33(5,30)31)21-13-8-9-14-22(21)32-7-2/h8-15,19H,6-7,16-17H2,1-5H3,(H,25,29)/t19-/m0/s1. The van der Waals surface area contributed by atoms with Gasteiger partial charge in [0.1, 0.15) is 18.3 Å². The predicted octanol–water partition coefficient (Wildman–Crippen LogP) is 2.71. The Morgan fingerprint density at radius 3 is 2.39 bits per heavy atom. The quantitative estimate of drug-likeness (QED) is 0.539. The van der Waals surface area contributed by atoms with E-state index in [9.17, 15) is 18.0 Å². The molecule has 0 heterocycles. The highest BCUT2D eigenvalue weighted by molar-refractivity contribution is 7.92. The number of aryl methyl sites for hydroxylation is 1. The summed E-state index contributed by atoms with van der Waals surface area (Å²) in [4.78, 5) is 27.5. The number of likely N-dealkylation sites (N-methyl/N-ethyl adjacent to an activating group) is 1. The molecule has 2 aromatic carbocycles. The Kier molecular flexibility index (Phi) is 9.28.